The number of benzene rings is 7. The van der Waals surface area contributed by atoms with E-state index >= 15 is 0 Å². The zero-order valence-electron chi connectivity index (χ0n) is 26.1. The van der Waals surface area contributed by atoms with Crippen LogP contribution in [0.3, 0.4) is 0 Å². The molecule has 0 aliphatic rings. The summed E-state index contributed by atoms with van der Waals surface area (Å²) in [6.07, 6.45) is 0. The number of aromatic nitrogens is 4. The highest BCUT2D eigenvalue weighted by Gasteiger charge is 2.27. The molecule has 0 N–H and O–H groups in total. The molecule has 0 aliphatic carbocycles. The smallest absolute Gasteiger partial charge is 0.165 e. The van der Waals surface area contributed by atoms with Gasteiger partial charge in [-0.25, -0.2) is 9.97 Å². The van der Waals surface area contributed by atoms with E-state index in [1.165, 1.54) is 43.7 Å². The highest BCUT2D eigenvalue weighted by atomic mass is 16.3. The molecular formula is C44H24N4O. The van der Waals surface area contributed by atoms with Crippen molar-refractivity contribution in [2.24, 2.45) is 0 Å². The summed E-state index contributed by atoms with van der Waals surface area (Å²) in [5.41, 5.74) is 13.4. The quantitative estimate of drug-likeness (QED) is 0.196. The summed E-state index contributed by atoms with van der Waals surface area (Å²) in [4.78, 5) is 10.7. The Bertz CT molecular complexity index is 3260. The number of para-hydroxylation sites is 3. The van der Waals surface area contributed by atoms with Gasteiger partial charge in [-0.2, -0.15) is 0 Å². The van der Waals surface area contributed by atoms with Crippen molar-refractivity contribution in [2.75, 3.05) is 0 Å². The summed E-state index contributed by atoms with van der Waals surface area (Å²) >= 11 is 0. The van der Waals surface area contributed by atoms with Crippen molar-refractivity contribution in [1.82, 2.24) is 18.9 Å². The van der Waals surface area contributed by atoms with Gasteiger partial charge in [-0.1, -0.05) is 91.0 Å². The van der Waals surface area contributed by atoms with Crippen LogP contribution in [-0.2, 0) is 0 Å². The SMILES string of the molecule is c1ccc(-c2ccc(-c3nc4ccccc4nc3-n3c4ccc5oc6ccc7c8ccccc8n8c9cccc3c9c4c5c6c78)cc2)cc1. The van der Waals surface area contributed by atoms with E-state index in [0.717, 1.165) is 66.6 Å². The van der Waals surface area contributed by atoms with Gasteiger partial charge >= 0.3 is 0 Å². The number of hydrogen-bond donors (Lipinski definition) is 0. The molecule has 7 aromatic carbocycles. The minimum atomic E-state index is 0.804. The van der Waals surface area contributed by atoms with E-state index in [1.807, 2.05) is 30.3 Å². The molecule has 0 spiro atoms. The summed E-state index contributed by atoms with van der Waals surface area (Å²) in [6.45, 7) is 0. The number of nitrogens with zero attached hydrogens (tertiary/aromatic N) is 4. The van der Waals surface area contributed by atoms with Crippen LogP contribution in [0.2, 0.25) is 0 Å². The molecule has 226 valence electrons. The molecule has 12 rings (SSSR count). The maximum absolute atomic E-state index is 6.60. The molecule has 0 saturated carbocycles. The third-order valence-electron chi connectivity index (χ3n) is 10.4. The lowest BCUT2D eigenvalue weighted by molar-refractivity contribution is 0.669. The van der Waals surface area contributed by atoms with E-state index in [-0.39, 0.29) is 0 Å². The van der Waals surface area contributed by atoms with Crippen molar-refractivity contribution in [2.45, 2.75) is 0 Å². The summed E-state index contributed by atoms with van der Waals surface area (Å²) < 4.78 is 11.4. The molecule has 0 unspecified atom stereocenters. The fourth-order valence-electron chi connectivity index (χ4n) is 8.39. The van der Waals surface area contributed by atoms with Crippen LogP contribution in [0.1, 0.15) is 0 Å². The lowest BCUT2D eigenvalue weighted by Gasteiger charge is -2.14. The zero-order chi connectivity index (χ0) is 31.8. The second kappa shape index (κ2) is 9.00. The standard InChI is InChI=1S/C44H24N4O/c1-2-9-25(10-3-1)26-17-19-27(20-18-26)42-44(46-31-13-6-5-12-30(31)45-42)48-34-16-8-15-33-38(34)39-35(48)22-24-36-40(39)41-37(49-36)23-21-29-28-11-4-7-14-32(28)47(33)43(29)41/h1-24H. The van der Waals surface area contributed by atoms with Gasteiger partial charge in [0.25, 0.3) is 0 Å². The van der Waals surface area contributed by atoms with Crippen molar-refractivity contribution in [1.29, 1.82) is 0 Å². The predicted octanol–water partition coefficient (Wildman–Crippen LogP) is 11.4. The molecule has 0 saturated heterocycles. The van der Waals surface area contributed by atoms with Gasteiger partial charge in [-0.05, 0) is 65.7 Å². The number of hydrogen-bond acceptors (Lipinski definition) is 3. The minimum Gasteiger partial charge on any atom is -0.456 e. The fraction of sp³-hybridized carbons (Fsp3) is 0. The van der Waals surface area contributed by atoms with E-state index in [2.05, 4.69) is 124 Å². The highest BCUT2D eigenvalue weighted by Crippen LogP contribution is 2.48. The molecule has 0 fully saturated rings. The van der Waals surface area contributed by atoms with Crippen LogP contribution in [-0.4, -0.2) is 18.9 Å². The van der Waals surface area contributed by atoms with Gasteiger partial charge in [0, 0.05) is 32.5 Å². The molecule has 0 aliphatic heterocycles. The maximum Gasteiger partial charge on any atom is 0.165 e. The Balaban J connectivity index is 1.25. The third kappa shape index (κ3) is 3.19. The minimum absolute atomic E-state index is 0.804. The van der Waals surface area contributed by atoms with Crippen LogP contribution in [0.15, 0.2) is 150 Å². The Morgan fingerprint density at radius 1 is 0.408 bits per heavy atom. The van der Waals surface area contributed by atoms with Crippen LogP contribution in [0.5, 0.6) is 0 Å². The largest absolute Gasteiger partial charge is 0.456 e. The van der Waals surface area contributed by atoms with Crippen molar-refractivity contribution >= 4 is 82.1 Å². The summed E-state index contributed by atoms with van der Waals surface area (Å²) in [6, 6.07) is 51.4. The second-order valence-corrected chi connectivity index (χ2v) is 13.0. The first-order chi connectivity index (χ1) is 24.3. The molecule has 12 aromatic rings. The van der Waals surface area contributed by atoms with Crippen molar-refractivity contribution in [3.8, 4) is 28.2 Å². The molecule has 0 amide bonds. The fourth-order valence-corrected chi connectivity index (χ4v) is 8.39. The summed E-state index contributed by atoms with van der Waals surface area (Å²) in [7, 11) is 0. The van der Waals surface area contributed by atoms with E-state index in [0.29, 0.717) is 0 Å². The molecule has 5 heteroatoms. The Morgan fingerprint density at radius 3 is 1.94 bits per heavy atom. The van der Waals surface area contributed by atoms with Gasteiger partial charge in [-0.3, -0.25) is 4.57 Å². The average molecular weight is 625 g/mol. The first-order valence-corrected chi connectivity index (χ1v) is 16.6. The van der Waals surface area contributed by atoms with Gasteiger partial charge in [0.05, 0.1) is 44.0 Å². The maximum atomic E-state index is 6.60. The molecule has 0 radical (unpaired) electrons. The van der Waals surface area contributed by atoms with E-state index < -0.39 is 0 Å². The Kier molecular flexibility index (Phi) is 4.66. The molecule has 5 nitrogen and oxygen atoms in total. The van der Waals surface area contributed by atoms with Crippen molar-refractivity contribution in [3.63, 3.8) is 0 Å². The summed E-state index contributed by atoms with van der Waals surface area (Å²) in [5, 5.41) is 7.15. The van der Waals surface area contributed by atoms with Crippen molar-refractivity contribution < 1.29 is 4.42 Å². The van der Waals surface area contributed by atoms with Gasteiger partial charge in [0.2, 0.25) is 0 Å². The number of rotatable bonds is 3. The third-order valence-corrected chi connectivity index (χ3v) is 10.4. The molecule has 5 heterocycles. The second-order valence-electron chi connectivity index (χ2n) is 13.0. The normalized spacial score (nSPS) is 12.5. The summed E-state index contributed by atoms with van der Waals surface area (Å²) in [5.74, 6) is 0.804. The molecule has 0 bridgehead atoms. The molecule has 49 heavy (non-hydrogen) atoms. The Morgan fingerprint density at radius 2 is 1.06 bits per heavy atom. The lowest BCUT2D eigenvalue weighted by atomic mass is 10.0. The number of fused-ring (bicyclic) bond motifs is 5. The lowest BCUT2D eigenvalue weighted by Crippen LogP contribution is -2.03. The van der Waals surface area contributed by atoms with Crippen molar-refractivity contribution in [3.05, 3.63) is 146 Å². The van der Waals surface area contributed by atoms with Crippen LogP contribution in [0.4, 0.5) is 0 Å². The zero-order valence-corrected chi connectivity index (χ0v) is 26.1. The topological polar surface area (TPSA) is 48.3 Å². The Hall–Kier alpha value is -6.72. The molecule has 0 atom stereocenters. The molecular weight excluding hydrogens is 601 g/mol. The van der Waals surface area contributed by atoms with E-state index in [1.54, 1.807) is 0 Å². The van der Waals surface area contributed by atoms with Gasteiger partial charge in [0.1, 0.15) is 16.9 Å². The van der Waals surface area contributed by atoms with E-state index in [4.69, 9.17) is 14.4 Å². The first-order valence-electron chi connectivity index (χ1n) is 16.6. The monoisotopic (exact) mass is 624 g/mol. The predicted molar refractivity (Wildman–Crippen MR) is 200 cm³/mol. The van der Waals surface area contributed by atoms with Crippen LogP contribution in [0.25, 0.3) is 110 Å². The van der Waals surface area contributed by atoms with Gasteiger partial charge in [-0.15, -0.1) is 0 Å². The van der Waals surface area contributed by atoms with E-state index in [9.17, 15) is 0 Å². The highest BCUT2D eigenvalue weighted by molar-refractivity contribution is 6.37. The average Bonchev–Trinajstić information content (AvgIpc) is 3.79. The van der Waals surface area contributed by atoms with Gasteiger partial charge in [0.15, 0.2) is 5.82 Å². The van der Waals surface area contributed by atoms with Crippen LogP contribution < -0.4 is 0 Å². The van der Waals surface area contributed by atoms with Crippen LogP contribution >= 0.6 is 0 Å². The molecule has 5 aromatic heterocycles. The number of furan rings is 1. The first kappa shape index (κ1) is 25.4. The van der Waals surface area contributed by atoms with Gasteiger partial charge < -0.3 is 8.82 Å². The Labute approximate surface area is 278 Å². The van der Waals surface area contributed by atoms with Crippen LogP contribution in [0, 0.1) is 0 Å².